The van der Waals surface area contributed by atoms with Crippen molar-refractivity contribution < 1.29 is 9.59 Å². The van der Waals surface area contributed by atoms with Crippen LogP contribution < -0.4 is 10.6 Å². The summed E-state index contributed by atoms with van der Waals surface area (Å²) in [5.74, 6) is -0.133. The monoisotopic (exact) mass is 261 g/mol. The smallest absolute Gasteiger partial charge is 0.247 e. The summed E-state index contributed by atoms with van der Waals surface area (Å²) in [6, 6.07) is 7.48. The maximum Gasteiger partial charge on any atom is 0.247 e. The molecule has 5 nitrogen and oxygen atoms in total. The highest BCUT2D eigenvalue weighted by molar-refractivity contribution is 6.04. The Kier molecular flexibility index (Phi) is 3.32. The van der Waals surface area contributed by atoms with Crippen LogP contribution in [-0.2, 0) is 15.1 Å². The number of hydrogen-bond donors (Lipinski definition) is 1. The van der Waals surface area contributed by atoms with Gasteiger partial charge in [0.05, 0.1) is 6.54 Å². The summed E-state index contributed by atoms with van der Waals surface area (Å²) in [7, 11) is 1.64. The average Bonchev–Trinajstić information content (AvgIpc) is 2.33. The van der Waals surface area contributed by atoms with E-state index in [9.17, 15) is 9.59 Å². The number of nitrogens with zero attached hydrogens (tertiary/aromatic N) is 2. The lowest BCUT2D eigenvalue weighted by Gasteiger charge is -2.32. The number of anilines is 1. The number of rotatable bonds is 2. The first-order chi connectivity index (χ1) is 8.79. The van der Waals surface area contributed by atoms with Crippen molar-refractivity contribution in [1.82, 2.24) is 4.90 Å². The molecule has 0 aliphatic carbocycles. The standard InChI is InChI=1S/C14H19N3O2/c1-14(2,15)10-5-4-6-11(7-10)17-9-12(18)16(3)8-13(17)19/h4-7H,8-9,15H2,1-3H3. The first-order valence-corrected chi connectivity index (χ1v) is 6.23. The van der Waals surface area contributed by atoms with Crippen LogP contribution in [0.2, 0.25) is 0 Å². The van der Waals surface area contributed by atoms with E-state index in [1.165, 1.54) is 9.80 Å². The molecule has 1 heterocycles. The van der Waals surface area contributed by atoms with Gasteiger partial charge < -0.3 is 15.5 Å². The van der Waals surface area contributed by atoms with Gasteiger partial charge in [0, 0.05) is 18.3 Å². The van der Waals surface area contributed by atoms with Crippen molar-refractivity contribution in [2.45, 2.75) is 19.4 Å². The quantitative estimate of drug-likeness (QED) is 0.851. The normalized spacial score (nSPS) is 17.1. The molecule has 1 aromatic rings. The Labute approximate surface area is 113 Å². The van der Waals surface area contributed by atoms with Crippen LogP contribution in [0.15, 0.2) is 24.3 Å². The molecule has 0 radical (unpaired) electrons. The van der Waals surface area contributed by atoms with Crippen molar-refractivity contribution in [3.05, 3.63) is 29.8 Å². The van der Waals surface area contributed by atoms with Crippen molar-refractivity contribution in [2.75, 3.05) is 25.0 Å². The fraction of sp³-hybridized carbons (Fsp3) is 0.429. The summed E-state index contributed by atoms with van der Waals surface area (Å²) < 4.78 is 0. The lowest BCUT2D eigenvalue weighted by atomic mass is 9.95. The first kappa shape index (κ1) is 13.5. The second-order valence-electron chi connectivity index (χ2n) is 5.50. The summed E-state index contributed by atoms with van der Waals surface area (Å²) >= 11 is 0. The van der Waals surface area contributed by atoms with E-state index in [2.05, 4.69) is 0 Å². The van der Waals surface area contributed by atoms with E-state index in [-0.39, 0.29) is 24.9 Å². The summed E-state index contributed by atoms with van der Waals surface area (Å²) in [5, 5.41) is 0. The van der Waals surface area contributed by atoms with Gasteiger partial charge in [0.25, 0.3) is 0 Å². The van der Waals surface area contributed by atoms with Gasteiger partial charge in [-0.2, -0.15) is 0 Å². The van der Waals surface area contributed by atoms with E-state index in [1.807, 2.05) is 38.1 Å². The molecule has 0 unspecified atom stereocenters. The molecule has 0 saturated carbocycles. The van der Waals surface area contributed by atoms with E-state index in [0.717, 1.165) is 11.3 Å². The minimum Gasteiger partial charge on any atom is -0.335 e. The van der Waals surface area contributed by atoms with Crippen molar-refractivity contribution in [3.63, 3.8) is 0 Å². The largest absolute Gasteiger partial charge is 0.335 e. The molecule has 0 atom stereocenters. The number of carbonyl (C=O) groups is 2. The molecule has 2 amide bonds. The van der Waals surface area contributed by atoms with Gasteiger partial charge in [0.2, 0.25) is 11.8 Å². The number of piperazine rings is 1. The van der Waals surface area contributed by atoms with Gasteiger partial charge in [-0.05, 0) is 31.5 Å². The van der Waals surface area contributed by atoms with Crippen LogP contribution in [0, 0.1) is 0 Å². The van der Waals surface area contributed by atoms with Crippen LogP contribution in [0.25, 0.3) is 0 Å². The highest BCUT2D eigenvalue weighted by Crippen LogP contribution is 2.24. The minimum atomic E-state index is -0.477. The number of benzene rings is 1. The first-order valence-electron chi connectivity index (χ1n) is 6.23. The van der Waals surface area contributed by atoms with Gasteiger partial charge in [-0.3, -0.25) is 9.59 Å². The summed E-state index contributed by atoms with van der Waals surface area (Å²) in [5.41, 5.74) is 7.24. The Morgan fingerprint density at radius 3 is 2.47 bits per heavy atom. The maximum absolute atomic E-state index is 12.0. The summed E-state index contributed by atoms with van der Waals surface area (Å²) in [6.07, 6.45) is 0. The van der Waals surface area contributed by atoms with Crippen molar-refractivity contribution in [3.8, 4) is 0 Å². The van der Waals surface area contributed by atoms with Gasteiger partial charge in [0.1, 0.15) is 6.54 Å². The van der Waals surface area contributed by atoms with Gasteiger partial charge in [-0.25, -0.2) is 0 Å². The Balaban J connectivity index is 2.32. The van der Waals surface area contributed by atoms with Crippen LogP contribution in [0.3, 0.4) is 0 Å². The second kappa shape index (κ2) is 4.66. The molecule has 0 bridgehead atoms. The third-order valence-corrected chi connectivity index (χ3v) is 3.29. The molecule has 0 spiro atoms. The number of amides is 2. The van der Waals surface area contributed by atoms with Crippen LogP contribution in [0.5, 0.6) is 0 Å². The fourth-order valence-corrected chi connectivity index (χ4v) is 2.03. The molecule has 5 heteroatoms. The molecule has 1 fully saturated rings. The third kappa shape index (κ3) is 2.76. The van der Waals surface area contributed by atoms with Crippen LogP contribution in [-0.4, -0.2) is 36.9 Å². The van der Waals surface area contributed by atoms with Crippen LogP contribution in [0.4, 0.5) is 5.69 Å². The Morgan fingerprint density at radius 1 is 1.16 bits per heavy atom. The zero-order valence-corrected chi connectivity index (χ0v) is 11.5. The molecule has 102 valence electrons. The zero-order chi connectivity index (χ0) is 14.2. The zero-order valence-electron chi connectivity index (χ0n) is 11.5. The highest BCUT2D eigenvalue weighted by atomic mass is 16.2. The lowest BCUT2D eigenvalue weighted by molar-refractivity contribution is -0.136. The summed E-state index contributed by atoms with van der Waals surface area (Å²) in [6.45, 7) is 4.02. The van der Waals surface area contributed by atoms with Crippen LogP contribution in [0.1, 0.15) is 19.4 Å². The van der Waals surface area contributed by atoms with Gasteiger partial charge in [-0.1, -0.05) is 12.1 Å². The van der Waals surface area contributed by atoms with Crippen molar-refractivity contribution >= 4 is 17.5 Å². The molecule has 1 aromatic carbocycles. The Bertz CT molecular complexity index is 520. The lowest BCUT2D eigenvalue weighted by Crippen LogP contribution is -2.52. The molecule has 1 aliphatic heterocycles. The molecule has 1 aliphatic rings. The van der Waals surface area contributed by atoms with E-state index in [0.29, 0.717) is 0 Å². The van der Waals surface area contributed by atoms with Crippen molar-refractivity contribution in [1.29, 1.82) is 0 Å². The SMILES string of the molecule is CN1CC(=O)N(c2cccc(C(C)(C)N)c2)CC1=O. The molecule has 2 N–H and O–H groups in total. The van der Waals surface area contributed by atoms with Gasteiger partial charge >= 0.3 is 0 Å². The molecular weight excluding hydrogens is 242 g/mol. The molecule has 2 rings (SSSR count). The Hall–Kier alpha value is -1.88. The topological polar surface area (TPSA) is 66.6 Å². The number of nitrogens with two attached hydrogens (primary N) is 1. The molecule has 1 saturated heterocycles. The van der Waals surface area contributed by atoms with E-state index in [4.69, 9.17) is 5.73 Å². The van der Waals surface area contributed by atoms with E-state index in [1.54, 1.807) is 7.05 Å². The third-order valence-electron chi connectivity index (χ3n) is 3.29. The molecule has 19 heavy (non-hydrogen) atoms. The fourth-order valence-electron chi connectivity index (χ4n) is 2.03. The highest BCUT2D eigenvalue weighted by Gasteiger charge is 2.29. The van der Waals surface area contributed by atoms with E-state index < -0.39 is 5.54 Å². The van der Waals surface area contributed by atoms with Crippen molar-refractivity contribution in [2.24, 2.45) is 5.73 Å². The van der Waals surface area contributed by atoms with Gasteiger partial charge in [-0.15, -0.1) is 0 Å². The van der Waals surface area contributed by atoms with Crippen LogP contribution >= 0.6 is 0 Å². The number of hydrogen-bond acceptors (Lipinski definition) is 3. The summed E-state index contributed by atoms with van der Waals surface area (Å²) in [4.78, 5) is 26.7. The second-order valence-corrected chi connectivity index (χ2v) is 5.50. The van der Waals surface area contributed by atoms with Gasteiger partial charge in [0.15, 0.2) is 0 Å². The number of carbonyl (C=O) groups excluding carboxylic acids is 2. The Morgan fingerprint density at radius 2 is 1.84 bits per heavy atom. The molecule has 0 aromatic heterocycles. The average molecular weight is 261 g/mol. The number of likely N-dealkylation sites (N-methyl/N-ethyl adjacent to an activating group) is 1. The predicted molar refractivity (Wildman–Crippen MR) is 73.6 cm³/mol. The minimum absolute atomic E-state index is 0.0583. The molecular formula is C14H19N3O2. The maximum atomic E-state index is 12.0. The van der Waals surface area contributed by atoms with E-state index >= 15 is 0 Å². The predicted octanol–water partition coefficient (Wildman–Crippen LogP) is 0.685.